The molecule has 0 unspecified atom stereocenters. The third-order valence-electron chi connectivity index (χ3n) is 3.37. The van der Waals surface area contributed by atoms with E-state index in [9.17, 15) is 0 Å². The molecule has 22 heavy (non-hydrogen) atoms. The molecule has 0 aliphatic heterocycles. The number of unbranched alkanes of at least 4 members (excludes halogenated alkanes) is 1. The predicted octanol–water partition coefficient (Wildman–Crippen LogP) is 4.12. The summed E-state index contributed by atoms with van der Waals surface area (Å²) in [7, 11) is 0. The van der Waals surface area contributed by atoms with E-state index in [0.29, 0.717) is 11.8 Å². The summed E-state index contributed by atoms with van der Waals surface area (Å²) in [6.07, 6.45) is 3.87. The van der Waals surface area contributed by atoms with Crippen LogP contribution in [0.25, 0.3) is 0 Å². The minimum atomic E-state index is 0.0618. The first kappa shape index (κ1) is 16.2. The Bertz CT molecular complexity index is 604. The molecular weight excluding hydrogens is 274 g/mol. The Morgan fingerprint density at radius 2 is 1.91 bits per heavy atom. The fourth-order valence-electron chi connectivity index (χ4n) is 2.20. The van der Waals surface area contributed by atoms with Gasteiger partial charge in [-0.25, -0.2) is 0 Å². The summed E-state index contributed by atoms with van der Waals surface area (Å²) in [4.78, 5) is 4.47. The molecule has 0 saturated heterocycles. The Kier molecular flexibility index (Phi) is 5.31. The molecule has 5 nitrogen and oxygen atoms in total. The van der Waals surface area contributed by atoms with Crippen LogP contribution in [-0.4, -0.2) is 21.7 Å². The van der Waals surface area contributed by atoms with Crippen LogP contribution in [0.5, 0.6) is 0 Å². The molecule has 0 spiro atoms. The average molecular weight is 299 g/mol. The van der Waals surface area contributed by atoms with Crippen LogP contribution in [0.4, 0.5) is 17.5 Å². The SMILES string of the molecule is CCCCNc1nncc(Nc2ccccc2C(C)(C)C)n1. The zero-order valence-corrected chi connectivity index (χ0v) is 13.8. The van der Waals surface area contributed by atoms with Crippen molar-refractivity contribution in [2.75, 3.05) is 17.2 Å². The van der Waals surface area contributed by atoms with E-state index in [4.69, 9.17) is 0 Å². The van der Waals surface area contributed by atoms with Gasteiger partial charge >= 0.3 is 0 Å². The monoisotopic (exact) mass is 299 g/mol. The van der Waals surface area contributed by atoms with Crippen molar-refractivity contribution < 1.29 is 0 Å². The van der Waals surface area contributed by atoms with Crippen LogP contribution in [-0.2, 0) is 5.41 Å². The molecule has 118 valence electrons. The molecule has 2 N–H and O–H groups in total. The van der Waals surface area contributed by atoms with Gasteiger partial charge in [0.2, 0.25) is 5.95 Å². The van der Waals surface area contributed by atoms with Crippen LogP contribution in [0.1, 0.15) is 46.1 Å². The second-order valence-corrected chi connectivity index (χ2v) is 6.37. The lowest BCUT2D eigenvalue weighted by atomic mass is 9.86. The van der Waals surface area contributed by atoms with E-state index in [2.05, 4.69) is 71.7 Å². The van der Waals surface area contributed by atoms with Gasteiger partial charge in [0.25, 0.3) is 0 Å². The zero-order valence-electron chi connectivity index (χ0n) is 13.8. The number of anilines is 3. The van der Waals surface area contributed by atoms with Crippen LogP contribution >= 0.6 is 0 Å². The highest BCUT2D eigenvalue weighted by atomic mass is 15.3. The minimum absolute atomic E-state index is 0.0618. The first-order valence-electron chi connectivity index (χ1n) is 7.81. The lowest BCUT2D eigenvalue weighted by Crippen LogP contribution is -2.14. The molecule has 0 aliphatic rings. The molecule has 0 saturated carbocycles. The molecular formula is C17H25N5. The Morgan fingerprint density at radius 1 is 1.14 bits per heavy atom. The summed E-state index contributed by atoms with van der Waals surface area (Å²) in [5.41, 5.74) is 2.36. The largest absolute Gasteiger partial charge is 0.353 e. The van der Waals surface area contributed by atoms with Crippen molar-refractivity contribution in [3.05, 3.63) is 36.0 Å². The maximum Gasteiger partial charge on any atom is 0.244 e. The van der Waals surface area contributed by atoms with Crippen molar-refractivity contribution >= 4 is 17.5 Å². The quantitative estimate of drug-likeness (QED) is 0.785. The van der Waals surface area contributed by atoms with Crippen molar-refractivity contribution in [2.24, 2.45) is 0 Å². The highest BCUT2D eigenvalue weighted by Crippen LogP contribution is 2.30. The molecule has 2 rings (SSSR count). The maximum absolute atomic E-state index is 4.47. The van der Waals surface area contributed by atoms with E-state index in [1.165, 1.54) is 5.56 Å². The van der Waals surface area contributed by atoms with Gasteiger partial charge in [-0.2, -0.15) is 10.1 Å². The van der Waals surface area contributed by atoms with Crippen LogP contribution in [0.15, 0.2) is 30.5 Å². The van der Waals surface area contributed by atoms with Crippen LogP contribution in [0.2, 0.25) is 0 Å². The Labute approximate surface area is 132 Å². The molecule has 0 atom stereocenters. The number of rotatable bonds is 6. The second kappa shape index (κ2) is 7.20. The van der Waals surface area contributed by atoms with E-state index in [1.807, 2.05) is 6.07 Å². The summed E-state index contributed by atoms with van der Waals surface area (Å²) in [5, 5.41) is 14.6. The highest BCUT2D eigenvalue weighted by Gasteiger charge is 2.17. The fraction of sp³-hybridized carbons (Fsp3) is 0.471. The van der Waals surface area contributed by atoms with Gasteiger partial charge in [-0.3, -0.25) is 0 Å². The van der Waals surface area contributed by atoms with Crippen LogP contribution < -0.4 is 10.6 Å². The average Bonchev–Trinajstić information content (AvgIpc) is 2.47. The summed E-state index contributed by atoms with van der Waals surface area (Å²) < 4.78 is 0. The van der Waals surface area contributed by atoms with Gasteiger partial charge in [0, 0.05) is 12.2 Å². The standard InChI is InChI=1S/C17H25N5/c1-5-6-11-18-16-21-15(12-19-22-16)20-14-10-8-7-9-13(14)17(2,3)4/h7-10,12H,5-6,11H2,1-4H3,(H2,18,20,21,22). The molecule has 0 radical (unpaired) electrons. The number of para-hydroxylation sites is 1. The third kappa shape index (κ3) is 4.41. The van der Waals surface area contributed by atoms with Gasteiger partial charge in [-0.1, -0.05) is 52.3 Å². The molecule has 0 bridgehead atoms. The van der Waals surface area contributed by atoms with Crippen molar-refractivity contribution in [3.8, 4) is 0 Å². The van der Waals surface area contributed by atoms with Gasteiger partial charge in [-0.15, -0.1) is 5.10 Å². The van der Waals surface area contributed by atoms with E-state index in [0.717, 1.165) is 25.1 Å². The van der Waals surface area contributed by atoms with Crippen molar-refractivity contribution in [1.29, 1.82) is 0 Å². The Balaban J connectivity index is 2.16. The number of benzene rings is 1. The summed E-state index contributed by atoms with van der Waals surface area (Å²) in [5.74, 6) is 1.26. The third-order valence-corrected chi connectivity index (χ3v) is 3.37. The van der Waals surface area contributed by atoms with E-state index >= 15 is 0 Å². The maximum atomic E-state index is 4.47. The van der Waals surface area contributed by atoms with E-state index in [-0.39, 0.29) is 5.41 Å². The van der Waals surface area contributed by atoms with Gasteiger partial charge in [0.05, 0.1) is 6.20 Å². The van der Waals surface area contributed by atoms with E-state index in [1.54, 1.807) is 6.20 Å². The van der Waals surface area contributed by atoms with Gasteiger partial charge in [0.1, 0.15) is 0 Å². The first-order chi connectivity index (χ1) is 10.5. The topological polar surface area (TPSA) is 62.7 Å². The number of hydrogen-bond acceptors (Lipinski definition) is 5. The molecule has 1 heterocycles. The highest BCUT2D eigenvalue weighted by molar-refractivity contribution is 5.62. The molecule has 0 amide bonds. The Morgan fingerprint density at radius 3 is 2.64 bits per heavy atom. The van der Waals surface area contributed by atoms with Gasteiger partial charge in [0.15, 0.2) is 5.82 Å². The van der Waals surface area contributed by atoms with Crippen molar-refractivity contribution in [1.82, 2.24) is 15.2 Å². The fourth-order valence-corrected chi connectivity index (χ4v) is 2.20. The molecule has 2 aromatic rings. The normalized spacial score (nSPS) is 11.3. The molecule has 5 heteroatoms. The van der Waals surface area contributed by atoms with E-state index < -0.39 is 0 Å². The van der Waals surface area contributed by atoms with Crippen LogP contribution in [0.3, 0.4) is 0 Å². The predicted molar refractivity (Wildman–Crippen MR) is 91.6 cm³/mol. The molecule has 1 aromatic carbocycles. The number of nitrogens with zero attached hydrogens (tertiary/aromatic N) is 3. The molecule has 0 fully saturated rings. The number of nitrogens with one attached hydrogen (secondary N) is 2. The van der Waals surface area contributed by atoms with Crippen molar-refractivity contribution in [2.45, 2.75) is 46.0 Å². The molecule has 1 aromatic heterocycles. The van der Waals surface area contributed by atoms with Gasteiger partial charge in [-0.05, 0) is 23.5 Å². The Hall–Kier alpha value is -2.17. The first-order valence-corrected chi connectivity index (χ1v) is 7.81. The van der Waals surface area contributed by atoms with Crippen LogP contribution in [0, 0.1) is 0 Å². The zero-order chi connectivity index (χ0) is 16.0. The summed E-state index contributed by atoms with van der Waals surface area (Å²) in [6, 6.07) is 8.28. The summed E-state index contributed by atoms with van der Waals surface area (Å²) in [6.45, 7) is 9.61. The number of hydrogen-bond donors (Lipinski definition) is 2. The second-order valence-electron chi connectivity index (χ2n) is 6.37. The minimum Gasteiger partial charge on any atom is -0.353 e. The lowest BCUT2D eigenvalue weighted by Gasteiger charge is -2.23. The lowest BCUT2D eigenvalue weighted by molar-refractivity contribution is 0.592. The number of aromatic nitrogens is 3. The van der Waals surface area contributed by atoms with Crippen molar-refractivity contribution in [3.63, 3.8) is 0 Å². The molecule has 0 aliphatic carbocycles. The van der Waals surface area contributed by atoms with Gasteiger partial charge < -0.3 is 10.6 Å². The smallest absolute Gasteiger partial charge is 0.244 e. The summed E-state index contributed by atoms with van der Waals surface area (Å²) >= 11 is 0.